The van der Waals surface area contributed by atoms with Crippen molar-refractivity contribution < 1.29 is 9.59 Å². The number of hydrogen-bond acceptors (Lipinski definition) is 3. The Kier molecular flexibility index (Phi) is 2.77. The topological polar surface area (TPSA) is 61.4 Å². The lowest BCUT2D eigenvalue weighted by molar-refractivity contribution is -0.124. The van der Waals surface area contributed by atoms with Gasteiger partial charge in [0.25, 0.3) is 11.8 Å². The maximum atomic E-state index is 13.7. The molecule has 2 N–H and O–H groups in total. The molecule has 3 aliphatic heterocycles. The summed E-state index contributed by atoms with van der Waals surface area (Å²) in [4.78, 5) is 28.4. The SMILES string of the molecule is C[C@H]1CC(C)(C)N2C(=O)[C@]3(NC(=O)c4ccccc4N3)c3cccc1c32. The van der Waals surface area contributed by atoms with Crippen LogP contribution in [0.1, 0.15) is 54.6 Å². The number of amides is 2. The highest BCUT2D eigenvalue weighted by Crippen LogP contribution is 2.53. The van der Waals surface area contributed by atoms with Crippen LogP contribution in [0.5, 0.6) is 0 Å². The van der Waals surface area contributed by atoms with Crippen molar-refractivity contribution in [1.29, 1.82) is 0 Å². The van der Waals surface area contributed by atoms with Gasteiger partial charge >= 0.3 is 0 Å². The van der Waals surface area contributed by atoms with Gasteiger partial charge in [0.1, 0.15) is 0 Å². The third-order valence-corrected chi connectivity index (χ3v) is 5.96. The lowest BCUT2D eigenvalue weighted by Crippen LogP contribution is -2.63. The Morgan fingerprint density at radius 2 is 1.81 bits per heavy atom. The van der Waals surface area contributed by atoms with Crippen LogP contribution in [-0.4, -0.2) is 17.4 Å². The van der Waals surface area contributed by atoms with Gasteiger partial charge < -0.3 is 15.5 Å². The van der Waals surface area contributed by atoms with Gasteiger partial charge in [-0.25, -0.2) is 0 Å². The Balaban J connectivity index is 1.78. The number of rotatable bonds is 0. The van der Waals surface area contributed by atoms with E-state index in [0.717, 1.165) is 17.7 Å². The highest BCUT2D eigenvalue weighted by atomic mass is 16.2. The average Bonchev–Trinajstić information content (AvgIpc) is 2.83. The summed E-state index contributed by atoms with van der Waals surface area (Å²) in [6.45, 7) is 6.39. The Morgan fingerprint density at radius 1 is 1.04 bits per heavy atom. The van der Waals surface area contributed by atoms with E-state index in [1.54, 1.807) is 6.07 Å². The fraction of sp³-hybridized carbons (Fsp3) is 0.333. The molecule has 0 unspecified atom stereocenters. The summed E-state index contributed by atoms with van der Waals surface area (Å²) in [6.07, 6.45) is 0.885. The quantitative estimate of drug-likeness (QED) is 0.768. The van der Waals surface area contributed by atoms with Crippen molar-refractivity contribution in [3.63, 3.8) is 0 Å². The maximum absolute atomic E-state index is 13.7. The molecular weight excluding hydrogens is 326 g/mol. The molecule has 0 fully saturated rings. The third-order valence-electron chi connectivity index (χ3n) is 5.96. The Morgan fingerprint density at radius 3 is 2.62 bits per heavy atom. The predicted octanol–water partition coefficient (Wildman–Crippen LogP) is 3.33. The molecule has 0 aliphatic carbocycles. The van der Waals surface area contributed by atoms with Crippen molar-refractivity contribution in [2.24, 2.45) is 0 Å². The van der Waals surface area contributed by atoms with E-state index in [1.165, 1.54) is 5.56 Å². The van der Waals surface area contributed by atoms with E-state index in [-0.39, 0.29) is 17.4 Å². The minimum Gasteiger partial charge on any atom is -0.350 e. The number of hydrogen-bond donors (Lipinski definition) is 2. The highest BCUT2D eigenvalue weighted by molar-refractivity contribution is 6.16. The zero-order chi connectivity index (χ0) is 18.3. The largest absolute Gasteiger partial charge is 0.350 e. The van der Waals surface area contributed by atoms with Crippen molar-refractivity contribution in [3.05, 3.63) is 59.2 Å². The Hall–Kier alpha value is -2.82. The van der Waals surface area contributed by atoms with Crippen LogP contribution in [0.4, 0.5) is 11.4 Å². The van der Waals surface area contributed by atoms with Gasteiger partial charge in [0.15, 0.2) is 0 Å². The van der Waals surface area contributed by atoms with E-state index in [4.69, 9.17) is 0 Å². The number of nitrogens with zero attached hydrogens (tertiary/aromatic N) is 1. The number of anilines is 2. The predicted molar refractivity (Wildman–Crippen MR) is 100 cm³/mol. The van der Waals surface area contributed by atoms with Crippen LogP contribution < -0.4 is 15.5 Å². The van der Waals surface area contributed by atoms with Gasteiger partial charge in [0, 0.05) is 16.8 Å². The summed E-state index contributed by atoms with van der Waals surface area (Å²) in [7, 11) is 0. The molecule has 0 saturated heterocycles. The van der Waals surface area contributed by atoms with Gasteiger partial charge in [-0.2, -0.15) is 0 Å². The molecule has 3 aliphatic rings. The standard InChI is InChI=1S/C21H21N3O2/c1-12-11-20(2,3)24-17-13(12)8-6-9-15(17)21(19(24)26)22-16-10-5-4-7-14(16)18(25)23-21/h4-10,12,22H,11H2,1-3H3,(H,23,25)/t12-,21+/m0/s1. The van der Waals surface area contributed by atoms with E-state index in [0.29, 0.717) is 17.2 Å². The van der Waals surface area contributed by atoms with Crippen molar-refractivity contribution in [2.45, 2.75) is 44.3 Å². The first-order valence-electron chi connectivity index (χ1n) is 9.03. The first-order valence-corrected chi connectivity index (χ1v) is 9.03. The van der Waals surface area contributed by atoms with Crippen molar-refractivity contribution in [1.82, 2.24) is 5.32 Å². The van der Waals surface area contributed by atoms with Gasteiger partial charge in [0.05, 0.1) is 11.3 Å². The number of carbonyl (C=O) groups excluding carboxylic acids is 2. The van der Waals surface area contributed by atoms with Crippen molar-refractivity contribution >= 4 is 23.2 Å². The summed E-state index contributed by atoms with van der Waals surface area (Å²) >= 11 is 0. The average molecular weight is 347 g/mol. The lowest BCUT2D eigenvalue weighted by Gasteiger charge is -2.44. The lowest BCUT2D eigenvalue weighted by atomic mass is 9.80. The van der Waals surface area contributed by atoms with Gasteiger partial charge in [-0.3, -0.25) is 9.59 Å². The fourth-order valence-corrected chi connectivity index (χ4v) is 4.93. The normalized spacial score (nSPS) is 27.7. The summed E-state index contributed by atoms with van der Waals surface area (Å²) < 4.78 is 0. The fourth-order valence-electron chi connectivity index (χ4n) is 4.93. The van der Waals surface area contributed by atoms with Crippen LogP contribution >= 0.6 is 0 Å². The number of nitrogens with one attached hydrogen (secondary N) is 2. The molecule has 2 amide bonds. The monoisotopic (exact) mass is 347 g/mol. The highest BCUT2D eigenvalue weighted by Gasteiger charge is 2.59. The zero-order valence-corrected chi connectivity index (χ0v) is 15.1. The Bertz CT molecular complexity index is 981. The number of para-hydroxylation sites is 2. The van der Waals surface area contributed by atoms with E-state index < -0.39 is 5.66 Å². The van der Waals surface area contributed by atoms with Crippen LogP contribution in [-0.2, 0) is 10.5 Å². The molecule has 2 atom stereocenters. The van der Waals surface area contributed by atoms with Crippen molar-refractivity contribution in [2.75, 3.05) is 10.2 Å². The molecule has 26 heavy (non-hydrogen) atoms. The molecule has 0 radical (unpaired) electrons. The molecule has 3 heterocycles. The maximum Gasteiger partial charge on any atom is 0.279 e. The zero-order valence-electron chi connectivity index (χ0n) is 15.1. The second-order valence-corrected chi connectivity index (χ2v) is 8.18. The molecule has 2 aromatic rings. The smallest absolute Gasteiger partial charge is 0.279 e. The Labute approximate surface area is 152 Å². The number of carbonyl (C=O) groups is 2. The first-order chi connectivity index (χ1) is 12.3. The summed E-state index contributed by atoms with van der Waals surface area (Å²) in [5, 5.41) is 6.34. The molecule has 0 aromatic heterocycles. The molecule has 2 aromatic carbocycles. The third kappa shape index (κ3) is 1.70. The van der Waals surface area contributed by atoms with E-state index >= 15 is 0 Å². The molecule has 5 rings (SSSR count). The van der Waals surface area contributed by atoms with Crippen LogP contribution in [0.2, 0.25) is 0 Å². The van der Waals surface area contributed by atoms with Gasteiger partial charge in [-0.15, -0.1) is 0 Å². The van der Waals surface area contributed by atoms with E-state index in [9.17, 15) is 9.59 Å². The minimum atomic E-state index is -1.24. The van der Waals surface area contributed by atoms with E-state index in [2.05, 4.69) is 37.5 Å². The van der Waals surface area contributed by atoms with Crippen LogP contribution in [0.3, 0.4) is 0 Å². The molecule has 1 spiro atoms. The van der Waals surface area contributed by atoms with Crippen molar-refractivity contribution in [3.8, 4) is 0 Å². The summed E-state index contributed by atoms with van der Waals surface area (Å²) in [5.41, 5.74) is 2.65. The summed E-state index contributed by atoms with van der Waals surface area (Å²) in [6, 6.07) is 13.3. The molecular formula is C21H21N3O2. The molecule has 132 valence electrons. The van der Waals surface area contributed by atoms with Crippen LogP contribution in [0.25, 0.3) is 0 Å². The van der Waals surface area contributed by atoms with Gasteiger partial charge in [0.2, 0.25) is 5.66 Å². The molecule has 5 heteroatoms. The first kappa shape index (κ1) is 15.4. The molecule has 5 nitrogen and oxygen atoms in total. The van der Waals surface area contributed by atoms with Gasteiger partial charge in [-0.1, -0.05) is 37.3 Å². The van der Waals surface area contributed by atoms with Crippen LogP contribution in [0.15, 0.2) is 42.5 Å². The van der Waals surface area contributed by atoms with Crippen LogP contribution in [0, 0.1) is 0 Å². The molecule has 0 saturated carbocycles. The van der Waals surface area contributed by atoms with Gasteiger partial charge in [-0.05, 0) is 43.9 Å². The number of fused-ring (bicyclic) bond motifs is 2. The minimum absolute atomic E-state index is 0.111. The second-order valence-electron chi connectivity index (χ2n) is 8.18. The number of benzene rings is 2. The molecule has 0 bridgehead atoms. The second kappa shape index (κ2) is 4.67. The van der Waals surface area contributed by atoms with E-state index in [1.807, 2.05) is 35.2 Å². The summed E-state index contributed by atoms with van der Waals surface area (Å²) in [5.74, 6) is 0.0152.